The molecule has 1 saturated carbocycles. The Hall–Kier alpha value is -0.750. The maximum atomic E-state index is 12.4. The molecule has 0 radical (unpaired) electrons. The van der Waals surface area contributed by atoms with Gasteiger partial charge in [-0.3, -0.25) is 9.69 Å². The lowest BCUT2D eigenvalue weighted by atomic mass is 9.98. The molecule has 0 spiro atoms. The van der Waals surface area contributed by atoms with Crippen LogP contribution in [-0.4, -0.2) is 36.0 Å². The summed E-state index contributed by atoms with van der Waals surface area (Å²) in [5.74, 6) is 1.85. The van der Waals surface area contributed by atoms with Gasteiger partial charge in [0.05, 0.1) is 11.6 Å². The van der Waals surface area contributed by atoms with Crippen LogP contribution in [0.5, 0.6) is 0 Å². The quantitative estimate of drug-likeness (QED) is 0.827. The zero-order valence-electron chi connectivity index (χ0n) is 14.3. The summed E-state index contributed by atoms with van der Waals surface area (Å²) < 4.78 is 5.82. The molecule has 1 unspecified atom stereocenters. The molecular formula is C17H29Cl2N3O2. The molecule has 1 atom stereocenters. The summed E-state index contributed by atoms with van der Waals surface area (Å²) in [6, 6.07) is 4.13. The molecule has 1 amide bonds. The van der Waals surface area contributed by atoms with Crippen LogP contribution in [0.2, 0.25) is 0 Å². The Balaban J connectivity index is 0.00000144. The van der Waals surface area contributed by atoms with Crippen LogP contribution in [0.3, 0.4) is 0 Å². The van der Waals surface area contributed by atoms with Crippen molar-refractivity contribution >= 4 is 30.7 Å². The number of amides is 1. The Morgan fingerprint density at radius 3 is 2.42 bits per heavy atom. The van der Waals surface area contributed by atoms with E-state index in [1.807, 2.05) is 19.1 Å². The van der Waals surface area contributed by atoms with E-state index in [0.29, 0.717) is 6.54 Å². The third kappa shape index (κ3) is 4.66. The van der Waals surface area contributed by atoms with Gasteiger partial charge in [-0.2, -0.15) is 0 Å². The zero-order chi connectivity index (χ0) is 15.6. The number of likely N-dealkylation sites (tertiary alicyclic amines) is 1. The van der Waals surface area contributed by atoms with Gasteiger partial charge in [0.15, 0.2) is 0 Å². The van der Waals surface area contributed by atoms with Crippen LogP contribution in [0.4, 0.5) is 0 Å². The summed E-state index contributed by atoms with van der Waals surface area (Å²) in [6.45, 7) is 4.66. The van der Waals surface area contributed by atoms with Gasteiger partial charge in [-0.25, -0.2) is 0 Å². The lowest BCUT2D eigenvalue weighted by Gasteiger charge is -2.28. The van der Waals surface area contributed by atoms with E-state index in [0.717, 1.165) is 50.3 Å². The van der Waals surface area contributed by atoms with E-state index in [-0.39, 0.29) is 36.8 Å². The number of nitrogens with one attached hydrogen (secondary N) is 1. The standard InChI is InChI=1S/C17H27N3O2.2ClH/c1-13-6-7-15(22-13)14(20-10-4-5-11-20)12-19-16(21)17(18)8-2-3-9-17;;/h6-7,14H,2-5,8-12,18H2,1H3,(H,19,21);2*1H. The molecule has 24 heavy (non-hydrogen) atoms. The summed E-state index contributed by atoms with van der Waals surface area (Å²) in [4.78, 5) is 14.8. The summed E-state index contributed by atoms with van der Waals surface area (Å²) in [5, 5.41) is 3.08. The first-order valence-corrected chi connectivity index (χ1v) is 8.46. The fourth-order valence-electron chi connectivity index (χ4n) is 3.69. The molecular weight excluding hydrogens is 349 g/mol. The highest BCUT2D eigenvalue weighted by Gasteiger charge is 2.37. The van der Waals surface area contributed by atoms with Crippen LogP contribution in [0.15, 0.2) is 16.5 Å². The summed E-state index contributed by atoms with van der Waals surface area (Å²) >= 11 is 0. The summed E-state index contributed by atoms with van der Waals surface area (Å²) in [5.41, 5.74) is 5.58. The molecule has 1 aromatic heterocycles. The molecule has 2 heterocycles. The maximum Gasteiger partial charge on any atom is 0.240 e. The second-order valence-corrected chi connectivity index (χ2v) is 6.78. The van der Waals surface area contributed by atoms with Gasteiger partial charge in [0.1, 0.15) is 11.5 Å². The molecule has 138 valence electrons. The third-order valence-corrected chi connectivity index (χ3v) is 5.07. The normalized spacial score (nSPS) is 20.9. The molecule has 1 saturated heterocycles. The molecule has 2 aliphatic rings. The number of aryl methyl sites for hydroxylation is 1. The maximum absolute atomic E-state index is 12.4. The number of halogens is 2. The zero-order valence-corrected chi connectivity index (χ0v) is 15.9. The van der Waals surface area contributed by atoms with Gasteiger partial charge in [-0.1, -0.05) is 12.8 Å². The van der Waals surface area contributed by atoms with E-state index >= 15 is 0 Å². The van der Waals surface area contributed by atoms with Crippen LogP contribution < -0.4 is 11.1 Å². The Morgan fingerprint density at radius 2 is 1.88 bits per heavy atom. The van der Waals surface area contributed by atoms with E-state index in [4.69, 9.17) is 10.2 Å². The lowest BCUT2D eigenvalue weighted by Crippen LogP contribution is -2.53. The molecule has 1 aliphatic heterocycles. The highest BCUT2D eigenvalue weighted by Crippen LogP contribution is 2.29. The third-order valence-electron chi connectivity index (χ3n) is 5.07. The van der Waals surface area contributed by atoms with Crippen LogP contribution in [0.1, 0.15) is 56.1 Å². The van der Waals surface area contributed by atoms with Crippen molar-refractivity contribution in [1.29, 1.82) is 0 Å². The van der Waals surface area contributed by atoms with Crippen molar-refractivity contribution in [3.63, 3.8) is 0 Å². The monoisotopic (exact) mass is 377 g/mol. The number of nitrogens with two attached hydrogens (primary N) is 1. The molecule has 3 rings (SSSR count). The van der Waals surface area contributed by atoms with Gasteiger partial charge in [0, 0.05) is 6.54 Å². The fourth-order valence-corrected chi connectivity index (χ4v) is 3.69. The SMILES string of the molecule is Cc1ccc(C(CNC(=O)C2(N)CCCC2)N2CCCC2)o1.Cl.Cl. The highest BCUT2D eigenvalue weighted by molar-refractivity contribution is 5.86. The smallest absolute Gasteiger partial charge is 0.240 e. The van der Waals surface area contributed by atoms with Gasteiger partial charge >= 0.3 is 0 Å². The van der Waals surface area contributed by atoms with Crippen molar-refractivity contribution in [3.8, 4) is 0 Å². The van der Waals surface area contributed by atoms with E-state index in [1.165, 1.54) is 12.8 Å². The van der Waals surface area contributed by atoms with Crippen molar-refractivity contribution in [3.05, 3.63) is 23.7 Å². The topological polar surface area (TPSA) is 71.5 Å². The Morgan fingerprint density at radius 1 is 1.25 bits per heavy atom. The number of carbonyl (C=O) groups excluding carboxylic acids is 1. The molecule has 3 N–H and O–H groups in total. The molecule has 7 heteroatoms. The second kappa shape index (κ2) is 9.09. The molecule has 1 aromatic rings. The summed E-state index contributed by atoms with van der Waals surface area (Å²) in [7, 11) is 0. The largest absolute Gasteiger partial charge is 0.465 e. The van der Waals surface area contributed by atoms with Gasteiger partial charge in [0.25, 0.3) is 0 Å². The molecule has 2 fully saturated rings. The Kier molecular flexibility index (Phi) is 8.06. The van der Waals surface area contributed by atoms with Crippen molar-refractivity contribution in [2.24, 2.45) is 5.73 Å². The van der Waals surface area contributed by atoms with Crippen molar-refractivity contribution in [2.45, 2.75) is 57.0 Å². The number of hydrogen-bond donors (Lipinski definition) is 2. The van der Waals surface area contributed by atoms with E-state index in [1.54, 1.807) is 0 Å². The highest BCUT2D eigenvalue weighted by atomic mass is 35.5. The minimum atomic E-state index is -0.658. The van der Waals surface area contributed by atoms with Crippen molar-refractivity contribution in [1.82, 2.24) is 10.2 Å². The molecule has 0 aromatic carbocycles. The van der Waals surface area contributed by atoms with Crippen molar-refractivity contribution in [2.75, 3.05) is 19.6 Å². The average Bonchev–Trinajstić information content (AvgIpc) is 3.22. The summed E-state index contributed by atoms with van der Waals surface area (Å²) in [6.07, 6.45) is 6.13. The van der Waals surface area contributed by atoms with E-state index < -0.39 is 5.54 Å². The Labute approximate surface area is 156 Å². The molecule has 0 bridgehead atoms. The number of nitrogens with zero attached hydrogens (tertiary/aromatic N) is 1. The lowest BCUT2D eigenvalue weighted by molar-refractivity contribution is -0.126. The van der Waals surface area contributed by atoms with Crippen LogP contribution in [0.25, 0.3) is 0 Å². The second-order valence-electron chi connectivity index (χ2n) is 6.78. The number of rotatable bonds is 5. The van der Waals surface area contributed by atoms with E-state index in [9.17, 15) is 4.79 Å². The van der Waals surface area contributed by atoms with Crippen LogP contribution >= 0.6 is 24.8 Å². The average molecular weight is 378 g/mol. The Bertz CT molecular complexity index is 524. The first-order valence-electron chi connectivity index (χ1n) is 8.46. The minimum Gasteiger partial charge on any atom is -0.465 e. The number of furan rings is 1. The van der Waals surface area contributed by atoms with Crippen LogP contribution in [0, 0.1) is 6.92 Å². The molecule has 1 aliphatic carbocycles. The van der Waals surface area contributed by atoms with Gasteiger partial charge in [-0.05, 0) is 57.8 Å². The molecule has 5 nitrogen and oxygen atoms in total. The predicted octanol–water partition coefficient (Wildman–Crippen LogP) is 2.96. The van der Waals surface area contributed by atoms with Gasteiger partial charge in [0.2, 0.25) is 5.91 Å². The van der Waals surface area contributed by atoms with Crippen molar-refractivity contribution < 1.29 is 9.21 Å². The first-order chi connectivity index (χ1) is 10.6. The fraction of sp³-hybridized carbons (Fsp3) is 0.706. The van der Waals surface area contributed by atoms with Gasteiger partial charge < -0.3 is 15.5 Å². The van der Waals surface area contributed by atoms with Gasteiger partial charge in [-0.15, -0.1) is 24.8 Å². The first kappa shape index (κ1) is 21.3. The van der Waals surface area contributed by atoms with E-state index in [2.05, 4.69) is 10.2 Å². The minimum absolute atomic E-state index is 0. The number of carbonyl (C=O) groups is 1. The van der Waals surface area contributed by atoms with Crippen LogP contribution in [-0.2, 0) is 4.79 Å². The number of hydrogen-bond acceptors (Lipinski definition) is 4. The predicted molar refractivity (Wildman–Crippen MR) is 99.9 cm³/mol.